The molecule has 15 heavy (non-hydrogen) atoms. The van der Waals surface area contributed by atoms with Crippen LogP contribution < -0.4 is 10.6 Å². The Balaban J connectivity index is 3.47. The standard InChI is InChI=1S/C9H21N4OP/c1-4-10-8(14)11-6-5-7-12-9(15)13(2)3/h4-7,15H2,1-3H3,(H2,10,11,14). The van der Waals surface area contributed by atoms with E-state index in [0.29, 0.717) is 13.1 Å². The first-order valence-corrected chi connectivity index (χ1v) is 5.64. The van der Waals surface area contributed by atoms with Gasteiger partial charge in [-0.2, -0.15) is 0 Å². The lowest BCUT2D eigenvalue weighted by Crippen LogP contribution is -2.35. The number of hydrogen-bond donors (Lipinski definition) is 2. The number of hydrogen-bond acceptors (Lipinski definition) is 2. The van der Waals surface area contributed by atoms with Crippen molar-refractivity contribution in [3.63, 3.8) is 0 Å². The van der Waals surface area contributed by atoms with Crippen molar-refractivity contribution >= 4 is 20.8 Å². The molecule has 0 radical (unpaired) electrons. The van der Waals surface area contributed by atoms with Crippen LogP contribution in [0.15, 0.2) is 4.99 Å². The molecule has 0 aromatic carbocycles. The molecule has 2 amide bonds. The molecule has 0 saturated heterocycles. The fourth-order valence-corrected chi connectivity index (χ4v) is 0.968. The van der Waals surface area contributed by atoms with E-state index in [4.69, 9.17) is 0 Å². The molecule has 0 fully saturated rings. The van der Waals surface area contributed by atoms with Crippen LogP contribution >= 0.6 is 9.24 Å². The van der Waals surface area contributed by atoms with Gasteiger partial charge in [0, 0.05) is 33.7 Å². The summed E-state index contributed by atoms with van der Waals surface area (Å²) in [6.07, 6.45) is 0.850. The van der Waals surface area contributed by atoms with Gasteiger partial charge in [-0.25, -0.2) is 4.79 Å². The highest BCUT2D eigenvalue weighted by Crippen LogP contribution is 1.94. The molecule has 0 rings (SSSR count). The molecule has 0 aromatic rings. The highest BCUT2D eigenvalue weighted by molar-refractivity contribution is 7.40. The van der Waals surface area contributed by atoms with Crippen LogP contribution in [0.1, 0.15) is 13.3 Å². The van der Waals surface area contributed by atoms with Crippen molar-refractivity contribution < 1.29 is 4.79 Å². The van der Waals surface area contributed by atoms with Gasteiger partial charge in [0.05, 0.1) is 0 Å². The summed E-state index contributed by atoms with van der Waals surface area (Å²) in [6.45, 7) is 3.92. The molecule has 0 saturated carbocycles. The average Bonchev–Trinajstić information content (AvgIpc) is 2.17. The van der Waals surface area contributed by atoms with E-state index in [1.165, 1.54) is 0 Å². The molecule has 0 aromatic heterocycles. The Hall–Kier alpha value is -0.830. The van der Waals surface area contributed by atoms with Crippen LogP contribution in [0.2, 0.25) is 0 Å². The Bertz CT molecular complexity index is 218. The van der Waals surface area contributed by atoms with E-state index < -0.39 is 0 Å². The predicted molar refractivity (Wildman–Crippen MR) is 67.4 cm³/mol. The number of nitrogens with zero attached hydrogens (tertiary/aromatic N) is 2. The second-order valence-corrected chi connectivity index (χ2v) is 3.79. The molecule has 0 spiro atoms. The molecule has 0 bridgehead atoms. The summed E-state index contributed by atoms with van der Waals surface area (Å²) in [6, 6.07) is -0.111. The summed E-state index contributed by atoms with van der Waals surface area (Å²) >= 11 is 0. The van der Waals surface area contributed by atoms with Crippen molar-refractivity contribution in [3.8, 4) is 0 Å². The smallest absolute Gasteiger partial charge is 0.314 e. The number of aliphatic imine (C=N–C) groups is 1. The lowest BCUT2D eigenvalue weighted by atomic mass is 10.4. The topological polar surface area (TPSA) is 56.7 Å². The van der Waals surface area contributed by atoms with Crippen molar-refractivity contribution in [3.05, 3.63) is 0 Å². The summed E-state index contributed by atoms with van der Waals surface area (Å²) in [5.41, 5.74) is 0.924. The number of nitrogens with one attached hydrogen (secondary N) is 2. The zero-order chi connectivity index (χ0) is 11.7. The van der Waals surface area contributed by atoms with Crippen molar-refractivity contribution in [2.45, 2.75) is 13.3 Å². The maximum atomic E-state index is 11.0. The lowest BCUT2D eigenvalue weighted by Gasteiger charge is -2.10. The van der Waals surface area contributed by atoms with Gasteiger partial charge in [0.25, 0.3) is 0 Å². The van der Waals surface area contributed by atoms with Crippen LogP contribution in [0, 0.1) is 0 Å². The second kappa shape index (κ2) is 8.48. The number of urea groups is 1. The Morgan fingerprint density at radius 2 is 2.07 bits per heavy atom. The molecule has 6 heteroatoms. The van der Waals surface area contributed by atoms with Gasteiger partial charge in [0.2, 0.25) is 0 Å². The second-order valence-electron chi connectivity index (χ2n) is 3.27. The maximum Gasteiger partial charge on any atom is 0.314 e. The van der Waals surface area contributed by atoms with Crippen molar-refractivity contribution in [2.75, 3.05) is 33.7 Å². The SMILES string of the molecule is CCNC(=O)NCCCN=C(P)N(C)C. The van der Waals surface area contributed by atoms with Crippen molar-refractivity contribution in [1.29, 1.82) is 0 Å². The van der Waals surface area contributed by atoms with Crippen LogP contribution in [0.3, 0.4) is 0 Å². The van der Waals surface area contributed by atoms with E-state index in [1.807, 2.05) is 25.9 Å². The number of carbonyl (C=O) groups excluding carboxylic acids is 1. The summed E-state index contributed by atoms with van der Waals surface area (Å²) in [7, 11) is 6.46. The predicted octanol–water partition coefficient (Wildman–Crippen LogP) is 0.488. The normalized spacial score (nSPS) is 11.1. The third-order valence-electron chi connectivity index (χ3n) is 1.69. The minimum absolute atomic E-state index is 0.111. The third kappa shape index (κ3) is 8.18. The summed E-state index contributed by atoms with van der Waals surface area (Å²) in [4.78, 5) is 17.2. The molecule has 0 aliphatic rings. The number of amidine groups is 1. The Morgan fingerprint density at radius 3 is 2.60 bits per heavy atom. The van der Waals surface area contributed by atoms with E-state index in [9.17, 15) is 4.79 Å². The van der Waals surface area contributed by atoms with E-state index in [1.54, 1.807) is 0 Å². The van der Waals surface area contributed by atoms with Crippen LogP contribution in [0.25, 0.3) is 0 Å². The number of amides is 2. The number of rotatable bonds is 5. The van der Waals surface area contributed by atoms with Crippen LogP contribution in [-0.2, 0) is 0 Å². The van der Waals surface area contributed by atoms with Gasteiger partial charge in [-0.3, -0.25) is 4.99 Å². The molecule has 1 atom stereocenters. The van der Waals surface area contributed by atoms with Crippen LogP contribution in [0.5, 0.6) is 0 Å². The first kappa shape index (κ1) is 14.2. The van der Waals surface area contributed by atoms with Crippen LogP contribution in [-0.4, -0.2) is 50.2 Å². The molecule has 0 heterocycles. The largest absolute Gasteiger partial charge is 0.363 e. The molecule has 1 unspecified atom stereocenters. The van der Waals surface area contributed by atoms with Gasteiger partial charge in [-0.1, -0.05) is 9.24 Å². The van der Waals surface area contributed by atoms with Crippen molar-refractivity contribution in [1.82, 2.24) is 15.5 Å². The molecular formula is C9H21N4OP. The first-order valence-electron chi connectivity index (χ1n) is 5.06. The fraction of sp³-hybridized carbons (Fsp3) is 0.778. The molecule has 88 valence electrons. The van der Waals surface area contributed by atoms with E-state index >= 15 is 0 Å². The molecule has 0 aliphatic heterocycles. The Morgan fingerprint density at radius 1 is 1.40 bits per heavy atom. The molecule has 5 nitrogen and oxygen atoms in total. The number of carbonyl (C=O) groups is 1. The monoisotopic (exact) mass is 232 g/mol. The minimum atomic E-state index is -0.111. The molecule has 0 aliphatic carbocycles. The Labute approximate surface area is 93.9 Å². The van der Waals surface area contributed by atoms with Gasteiger partial charge in [0.15, 0.2) is 0 Å². The average molecular weight is 232 g/mol. The van der Waals surface area contributed by atoms with Gasteiger partial charge in [-0.15, -0.1) is 0 Å². The minimum Gasteiger partial charge on any atom is -0.363 e. The molecule has 2 N–H and O–H groups in total. The lowest BCUT2D eigenvalue weighted by molar-refractivity contribution is 0.241. The summed E-state index contributed by atoms with van der Waals surface area (Å²) in [5, 5.41) is 5.41. The zero-order valence-corrected chi connectivity index (χ0v) is 10.9. The quantitative estimate of drug-likeness (QED) is 0.314. The molecular weight excluding hydrogens is 211 g/mol. The first-order chi connectivity index (χ1) is 7.07. The van der Waals surface area contributed by atoms with Gasteiger partial charge < -0.3 is 15.5 Å². The van der Waals surface area contributed by atoms with E-state index in [0.717, 1.165) is 18.5 Å². The fourth-order valence-electron chi connectivity index (χ4n) is 0.839. The highest BCUT2D eigenvalue weighted by atomic mass is 31.0. The van der Waals surface area contributed by atoms with Crippen LogP contribution in [0.4, 0.5) is 4.79 Å². The van der Waals surface area contributed by atoms with Gasteiger partial charge >= 0.3 is 6.03 Å². The third-order valence-corrected chi connectivity index (χ3v) is 2.39. The van der Waals surface area contributed by atoms with E-state index in [2.05, 4.69) is 24.9 Å². The zero-order valence-electron chi connectivity index (χ0n) is 9.71. The van der Waals surface area contributed by atoms with Crippen molar-refractivity contribution in [2.24, 2.45) is 4.99 Å². The summed E-state index contributed by atoms with van der Waals surface area (Å²) < 4.78 is 0. The highest BCUT2D eigenvalue weighted by Gasteiger charge is 1.96. The van der Waals surface area contributed by atoms with Gasteiger partial charge in [-0.05, 0) is 13.3 Å². The van der Waals surface area contributed by atoms with Gasteiger partial charge in [0.1, 0.15) is 5.58 Å². The summed E-state index contributed by atoms with van der Waals surface area (Å²) in [5.74, 6) is 0. The Kier molecular flexibility index (Phi) is 8.01. The van der Waals surface area contributed by atoms with E-state index in [-0.39, 0.29) is 6.03 Å². The maximum absolute atomic E-state index is 11.0.